The first-order valence-electron chi connectivity index (χ1n) is 9.64. The number of rotatable bonds is 8. The highest BCUT2D eigenvalue weighted by Crippen LogP contribution is 2.29. The predicted molar refractivity (Wildman–Crippen MR) is 122 cm³/mol. The summed E-state index contributed by atoms with van der Waals surface area (Å²) in [5, 5.41) is 16.2. The summed E-state index contributed by atoms with van der Waals surface area (Å²) >= 11 is 1.42. The van der Waals surface area contributed by atoms with E-state index in [4.69, 9.17) is 0 Å². The van der Waals surface area contributed by atoms with Crippen LogP contribution in [-0.2, 0) is 4.79 Å². The van der Waals surface area contributed by atoms with E-state index in [-0.39, 0.29) is 22.8 Å². The topological polar surface area (TPSA) is 101 Å². The molecule has 2 N–H and O–H groups in total. The van der Waals surface area contributed by atoms with E-state index in [0.29, 0.717) is 17.7 Å². The molecular weight excluding hydrogens is 414 g/mol. The number of thioether (sulfide) groups is 1. The molecule has 7 nitrogen and oxygen atoms in total. The molecular formula is C23H21N3O4S. The Kier molecular flexibility index (Phi) is 7.40. The van der Waals surface area contributed by atoms with Crippen molar-refractivity contribution in [2.24, 2.45) is 0 Å². The van der Waals surface area contributed by atoms with E-state index in [1.165, 1.54) is 36.0 Å². The van der Waals surface area contributed by atoms with Gasteiger partial charge in [0.15, 0.2) is 0 Å². The molecule has 0 spiro atoms. The first-order valence-corrected chi connectivity index (χ1v) is 10.5. The van der Waals surface area contributed by atoms with Crippen LogP contribution in [0.5, 0.6) is 0 Å². The number of nitro benzene ring substituents is 1. The van der Waals surface area contributed by atoms with E-state index in [2.05, 4.69) is 10.6 Å². The zero-order valence-corrected chi connectivity index (χ0v) is 17.6. The van der Waals surface area contributed by atoms with Gasteiger partial charge in [0.25, 0.3) is 11.6 Å². The molecule has 158 valence electrons. The molecule has 3 aromatic carbocycles. The number of benzene rings is 3. The van der Waals surface area contributed by atoms with Crippen LogP contribution < -0.4 is 10.6 Å². The molecule has 0 aliphatic carbocycles. The normalized spacial score (nSPS) is 11.4. The van der Waals surface area contributed by atoms with Gasteiger partial charge < -0.3 is 10.6 Å². The molecule has 0 heterocycles. The maximum Gasteiger partial charge on any atom is 0.269 e. The second kappa shape index (κ2) is 10.4. The molecule has 0 fully saturated rings. The summed E-state index contributed by atoms with van der Waals surface area (Å²) in [6.45, 7) is 1.95. The van der Waals surface area contributed by atoms with Gasteiger partial charge in [-0.25, -0.2) is 0 Å². The maximum atomic E-state index is 12.6. The molecule has 3 rings (SSSR count). The van der Waals surface area contributed by atoms with Crippen molar-refractivity contribution in [2.45, 2.75) is 23.5 Å². The van der Waals surface area contributed by atoms with Gasteiger partial charge in [-0.3, -0.25) is 19.7 Å². The van der Waals surface area contributed by atoms with Gasteiger partial charge in [-0.15, -0.1) is 11.8 Å². The van der Waals surface area contributed by atoms with Crippen LogP contribution in [0.25, 0.3) is 0 Å². The number of hydrogen-bond acceptors (Lipinski definition) is 5. The second-order valence-electron chi connectivity index (χ2n) is 6.66. The molecule has 0 bridgehead atoms. The predicted octanol–water partition coefficient (Wildman–Crippen LogP) is 5.36. The molecule has 1 atom stereocenters. The molecule has 1 unspecified atom stereocenters. The largest absolute Gasteiger partial charge is 0.325 e. The molecule has 0 aliphatic rings. The number of nitrogens with zero attached hydrogens (tertiary/aromatic N) is 1. The van der Waals surface area contributed by atoms with Gasteiger partial charge in [0.1, 0.15) is 0 Å². The van der Waals surface area contributed by atoms with Gasteiger partial charge >= 0.3 is 0 Å². The lowest BCUT2D eigenvalue weighted by molar-refractivity contribution is -0.384. The number of amides is 2. The summed E-state index contributed by atoms with van der Waals surface area (Å²) in [4.78, 5) is 36.1. The molecule has 0 saturated heterocycles. The Morgan fingerprint density at radius 3 is 2.26 bits per heavy atom. The van der Waals surface area contributed by atoms with E-state index >= 15 is 0 Å². The lowest BCUT2D eigenvalue weighted by atomic mass is 10.2. The Morgan fingerprint density at radius 1 is 0.935 bits per heavy atom. The smallest absolute Gasteiger partial charge is 0.269 e. The van der Waals surface area contributed by atoms with Crippen LogP contribution in [0.15, 0.2) is 83.8 Å². The number of para-hydroxylation sites is 1. The maximum absolute atomic E-state index is 12.6. The summed E-state index contributed by atoms with van der Waals surface area (Å²) in [6, 6.07) is 21.9. The van der Waals surface area contributed by atoms with Crippen LogP contribution in [0.3, 0.4) is 0 Å². The van der Waals surface area contributed by atoms with Crippen LogP contribution in [0.4, 0.5) is 17.1 Å². The SMILES string of the molecule is CCC(Sc1cccc(NC(=O)c2ccc([N+](=O)[O-])cc2)c1)C(=O)Nc1ccccc1. The molecule has 0 saturated carbocycles. The monoisotopic (exact) mass is 435 g/mol. The second-order valence-corrected chi connectivity index (χ2v) is 7.93. The fourth-order valence-corrected chi connectivity index (χ4v) is 3.83. The molecule has 0 radical (unpaired) electrons. The van der Waals surface area contributed by atoms with E-state index < -0.39 is 4.92 Å². The quantitative estimate of drug-likeness (QED) is 0.282. The van der Waals surface area contributed by atoms with Crippen molar-refractivity contribution in [1.82, 2.24) is 0 Å². The van der Waals surface area contributed by atoms with Crippen LogP contribution in [0, 0.1) is 10.1 Å². The highest BCUT2D eigenvalue weighted by Gasteiger charge is 2.18. The molecule has 2 amide bonds. The van der Waals surface area contributed by atoms with E-state index in [0.717, 1.165) is 10.6 Å². The van der Waals surface area contributed by atoms with E-state index in [1.807, 2.05) is 43.3 Å². The Labute approximate surface area is 184 Å². The highest BCUT2D eigenvalue weighted by molar-refractivity contribution is 8.00. The molecule has 8 heteroatoms. The third-order valence-corrected chi connectivity index (χ3v) is 5.77. The highest BCUT2D eigenvalue weighted by atomic mass is 32.2. The fourth-order valence-electron chi connectivity index (χ4n) is 2.82. The van der Waals surface area contributed by atoms with Crippen LogP contribution in [-0.4, -0.2) is 22.0 Å². The minimum atomic E-state index is -0.513. The van der Waals surface area contributed by atoms with Crippen molar-refractivity contribution in [3.63, 3.8) is 0 Å². The number of carbonyl (C=O) groups excluding carboxylic acids is 2. The number of hydrogen-bond donors (Lipinski definition) is 2. The van der Waals surface area contributed by atoms with Crippen LogP contribution in [0.2, 0.25) is 0 Å². The Hall–Kier alpha value is -3.65. The van der Waals surface area contributed by atoms with E-state index in [1.54, 1.807) is 18.2 Å². The Morgan fingerprint density at radius 2 is 1.61 bits per heavy atom. The van der Waals surface area contributed by atoms with Crippen molar-refractivity contribution in [2.75, 3.05) is 10.6 Å². The average molecular weight is 436 g/mol. The third kappa shape index (κ3) is 6.16. The lowest BCUT2D eigenvalue weighted by Gasteiger charge is -2.15. The zero-order chi connectivity index (χ0) is 22.2. The molecule has 31 heavy (non-hydrogen) atoms. The van der Waals surface area contributed by atoms with Gasteiger partial charge in [-0.2, -0.15) is 0 Å². The van der Waals surface area contributed by atoms with Gasteiger partial charge in [-0.05, 0) is 48.9 Å². The minimum absolute atomic E-state index is 0.0747. The molecule has 0 aliphatic heterocycles. The first kappa shape index (κ1) is 22.0. The van der Waals surface area contributed by atoms with Gasteiger partial charge in [-0.1, -0.05) is 31.2 Å². The van der Waals surface area contributed by atoms with Crippen molar-refractivity contribution in [3.05, 3.63) is 94.5 Å². The third-order valence-electron chi connectivity index (χ3n) is 4.42. The number of nitrogens with one attached hydrogen (secondary N) is 2. The van der Waals surface area contributed by atoms with Crippen LogP contribution >= 0.6 is 11.8 Å². The van der Waals surface area contributed by atoms with Gasteiger partial charge in [0.05, 0.1) is 10.2 Å². The zero-order valence-electron chi connectivity index (χ0n) is 16.8. The number of anilines is 2. The van der Waals surface area contributed by atoms with Crippen LogP contribution in [0.1, 0.15) is 23.7 Å². The van der Waals surface area contributed by atoms with Crippen molar-refractivity contribution < 1.29 is 14.5 Å². The first-order chi connectivity index (χ1) is 15.0. The minimum Gasteiger partial charge on any atom is -0.325 e. The Bertz CT molecular complexity index is 1070. The standard InChI is InChI=1S/C23H21N3O4S/c1-2-21(23(28)24-17-7-4-3-5-8-17)31-20-10-6-9-18(15-20)25-22(27)16-11-13-19(14-12-16)26(29)30/h3-15,21H,2H2,1H3,(H,24,28)(H,25,27). The summed E-state index contributed by atoms with van der Waals surface area (Å²) in [5.41, 5.74) is 1.56. The molecule has 0 aromatic heterocycles. The molecule has 3 aromatic rings. The van der Waals surface area contributed by atoms with Gasteiger partial charge in [0.2, 0.25) is 5.91 Å². The summed E-state index contributed by atoms with van der Waals surface area (Å²) < 4.78 is 0. The van der Waals surface area contributed by atoms with Crippen molar-refractivity contribution in [1.29, 1.82) is 0 Å². The number of non-ortho nitro benzene ring substituents is 1. The number of carbonyl (C=O) groups is 2. The summed E-state index contributed by atoms with van der Waals surface area (Å²) in [6.07, 6.45) is 0.642. The number of nitro groups is 1. The van der Waals surface area contributed by atoms with E-state index in [9.17, 15) is 19.7 Å². The fraction of sp³-hybridized carbons (Fsp3) is 0.130. The summed E-state index contributed by atoms with van der Waals surface area (Å²) in [5.74, 6) is -0.454. The summed E-state index contributed by atoms with van der Waals surface area (Å²) in [7, 11) is 0. The van der Waals surface area contributed by atoms with Gasteiger partial charge in [0, 0.05) is 34.0 Å². The average Bonchev–Trinajstić information content (AvgIpc) is 2.78. The Balaban J connectivity index is 1.65. The van der Waals surface area contributed by atoms with Crippen molar-refractivity contribution >= 4 is 40.6 Å². The lowest BCUT2D eigenvalue weighted by Crippen LogP contribution is -2.24. The van der Waals surface area contributed by atoms with Crippen molar-refractivity contribution in [3.8, 4) is 0 Å².